The van der Waals surface area contributed by atoms with E-state index in [9.17, 15) is 9.59 Å². The van der Waals surface area contributed by atoms with E-state index >= 15 is 0 Å². The van der Waals surface area contributed by atoms with Crippen molar-refractivity contribution < 1.29 is 19.1 Å². The van der Waals surface area contributed by atoms with Crippen LogP contribution in [0.25, 0.3) is 44.3 Å². The fourth-order valence-electron chi connectivity index (χ4n) is 6.59. The number of aromatic amines is 2. The molecule has 5 aromatic rings. The quantitative estimate of drug-likeness (QED) is 0.189. The number of carbonyl (C=O) groups excluding carboxylic acids is 2. The van der Waals surface area contributed by atoms with Gasteiger partial charge in [-0.2, -0.15) is 0 Å². The number of rotatable bonds is 8. The molecule has 2 amide bonds. The Bertz CT molecular complexity index is 1890. The number of aromatic nitrogens is 5. The highest BCUT2D eigenvalue weighted by atomic mass is 16.5. The van der Waals surface area contributed by atoms with Gasteiger partial charge in [0.05, 0.1) is 53.9 Å². The minimum atomic E-state index is -0.879. The van der Waals surface area contributed by atoms with Crippen LogP contribution in [0.1, 0.15) is 56.3 Å². The molecule has 46 heavy (non-hydrogen) atoms. The molecule has 12 heteroatoms. The first-order chi connectivity index (χ1) is 22.4. The third kappa shape index (κ3) is 5.69. The first-order valence-electron chi connectivity index (χ1n) is 15.8. The molecule has 2 fully saturated rings. The number of carbonyl (C=O) groups is 2. The summed E-state index contributed by atoms with van der Waals surface area (Å²) < 4.78 is 10.1. The number of alkyl carbamates (subject to hydrolysis) is 1. The summed E-state index contributed by atoms with van der Waals surface area (Å²) in [5.41, 5.74) is 5.58. The second-order valence-electron chi connectivity index (χ2n) is 12.1. The van der Waals surface area contributed by atoms with E-state index in [4.69, 9.17) is 19.4 Å². The summed E-state index contributed by atoms with van der Waals surface area (Å²) in [6.45, 7) is 3.34. The zero-order valence-corrected chi connectivity index (χ0v) is 26.2. The van der Waals surface area contributed by atoms with E-state index in [1.54, 1.807) is 11.8 Å². The predicted molar refractivity (Wildman–Crippen MR) is 174 cm³/mol. The van der Waals surface area contributed by atoms with Crippen LogP contribution in [-0.4, -0.2) is 81.3 Å². The number of pyridine rings is 1. The Morgan fingerprint density at radius 1 is 0.957 bits per heavy atom. The van der Waals surface area contributed by atoms with Gasteiger partial charge >= 0.3 is 6.09 Å². The Kier molecular flexibility index (Phi) is 8.14. The number of nitrogens with one attached hydrogen (secondary N) is 4. The van der Waals surface area contributed by atoms with Crippen molar-refractivity contribution in [3.05, 3.63) is 66.5 Å². The number of likely N-dealkylation sites (tertiary alicyclic amines) is 1. The van der Waals surface area contributed by atoms with Crippen molar-refractivity contribution in [3.63, 3.8) is 0 Å². The van der Waals surface area contributed by atoms with Crippen LogP contribution in [0.4, 0.5) is 4.79 Å². The lowest BCUT2D eigenvalue weighted by Crippen LogP contribution is -2.54. The fourth-order valence-corrected chi connectivity index (χ4v) is 6.59. The highest BCUT2D eigenvalue weighted by Gasteiger charge is 2.38. The smallest absolute Gasteiger partial charge is 0.407 e. The molecule has 12 nitrogen and oxygen atoms in total. The minimum Gasteiger partial charge on any atom is -0.453 e. The maximum atomic E-state index is 13.6. The molecule has 0 spiro atoms. The van der Waals surface area contributed by atoms with Gasteiger partial charge in [0.2, 0.25) is 5.91 Å². The molecule has 2 aliphatic heterocycles. The maximum absolute atomic E-state index is 13.6. The van der Waals surface area contributed by atoms with E-state index < -0.39 is 18.2 Å². The van der Waals surface area contributed by atoms with Gasteiger partial charge < -0.3 is 35.0 Å². The van der Waals surface area contributed by atoms with Gasteiger partial charge in [0.1, 0.15) is 17.7 Å². The lowest BCUT2D eigenvalue weighted by molar-refractivity contribution is -0.137. The monoisotopic (exact) mass is 622 g/mol. The van der Waals surface area contributed by atoms with Gasteiger partial charge in [0.15, 0.2) is 0 Å². The summed E-state index contributed by atoms with van der Waals surface area (Å²) in [4.78, 5) is 48.6. The zero-order valence-electron chi connectivity index (χ0n) is 26.2. The van der Waals surface area contributed by atoms with Crippen LogP contribution >= 0.6 is 0 Å². The van der Waals surface area contributed by atoms with Gasteiger partial charge in [0, 0.05) is 36.4 Å². The van der Waals surface area contributed by atoms with E-state index in [0.717, 1.165) is 76.0 Å². The van der Waals surface area contributed by atoms with Gasteiger partial charge in [0.25, 0.3) is 0 Å². The number of benzene rings is 2. The molecule has 0 saturated carbocycles. The summed E-state index contributed by atoms with van der Waals surface area (Å²) >= 11 is 0. The van der Waals surface area contributed by atoms with Crippen molar-refractivity contribution >= 4 is 33.8 Å². The van der Waals surface area contributed by atoms with Gasteiger partial charge in [-0.15, -0.1) is 0 Å². The Labute approximate surface area is 266 Å². The van der Waals surface area contributed by atoms with E-state index in [0.29, 0.717) is 18.4 Å². The Morgan fingerprint density at radius 2 is 1.83 bits per heavy atom. The second-order valence-corrected chi connectivity index (χ2v) is 12.1. The molecule has 0 unspecified atom stereocenters. The average Bonchev–Trinajstić information content (AvgIpc) is 3.91. The highest BCUT2D eigenvalue weighted by Crippen LogP contribution is 2.34. The van der Waals surface area contributed by atoms with Crippen molar-refractivity contribution in [2.24, 2.45) is 0 Å². The van der Waals surface area contributed by atoms with Crippen molar-refractivity contribution in [1.29, 1.82) is 0 Å². The molecule has 2 aromatic carbocycles. The van der Waals surface area contributed by atoms with Crippen LogP contribution < -0.4 is 10.6 Å². The van der Waals surface area contributed by atoms with E-state index in [1.807, 2.05) is 30.6 Å². The third-order valence-electron chi connectivity index (χ3n) is 9.23. The number of H-pyrrole nitrogens is 2. The molecule has 0 bridgehead atoms. The average molecular weight is 623 g/mol. The largest absolute Gasteiger partial charge is 0.453 e. The molecular weight excluding hydrogens is 584 g/mol. The molecule has 238 valence electrons. The van der Waals surface area contributed by atoms with Crippen LogP contribution in [0, 0.1) is 0 Å². The molecular formula is C34H38N8O4. The molecule has 3 aromatic heterocycles. The number of methoxy groups -OCH3 is 2. The number of fused-ring (bicyclic) bond motifs is 2. The first kappa shape index (κ1) is 29.9. The molecule has 2 saturated heterocycles. The van der Waals surface area contributed by atoms with Crippen LogP contribution in [0.2, 0.25) is 0 Å². The Hall–Kier alpha value is -4.81. The maximum Gasteiger partial charge on any atom is 0.407 e. The summed E-state index contributed by atoms with van der Waals surface area (Å²) in [6, 6.07) is 13.7. The number of imidazole rings is 2. The van der Waals surface area contributed by atoms with Gasteiger partial charge in [-0.05, 0) is 68.8 Å². The Balaban J connectivity index is 1.11. The normalized spacial score (nSPS) is 19.5. The molecule has 5 heterocycles. The van der Waals surface area contributed by atoms with Crippen molar-refractivity contribution in [1.82, 2.24) is 40.5 Å². The standard InChI is InChI=1S/C34H38N8O4/c1-19(45-2)30(41-34(44)46-3)33(43)42-13-5-7-29(42)32-38-24-11-10-22(16-27(24)39-32)26-15-20-8-9-21(14-23(20)17-36-26)28-18-37-31(40-28)25-6-4-12-35-25/h8-11,14-19,25,29-30,35H,4-7,12-13H2,1-3H3,(H,37,40)(H,38,39)(H,41,44)/t19-,25+,29+,30+/m1/s1. The topological polar surface area (TPSA) is 150 Å². The van der Waals surface area contributed by atoms with Crippen LogP contribution in [-0.2, 0) is 14.3 Å². The van der Waals surface area contributed by atoms with Gasteiger partial charge in [-0.25, -0.2) is 14.8 Å². The number of ether oxygens (including phenoxy) is 2. The molecule has 4 N–H and O–H groups in total. The van der Waals surface area contributed by atoms with Crippen LogP contribution in [0.5, 0.6) is 0 Å². The third-order valence-corrected chi connectivity index (χ3v) is 9.23. The SMILES string of the molecule is COC(=O)N[C@H](C(=O)N1CCC[C@H]1c1nc2ccc(-c3cc4ccc(-c5cnc([C@@H]6CCCN6)[nH]5)cc4cn3)cc2[nH]1)[C@@H](C)OC. The van der Waals surface area contributed by atoms with Crippen LogP contribution in [0.3, 0.4) is 0 Å². The van der Waals surface area contributed by atoms with E-state index in [1.165, 1.54) is 20.6 Å². The van der Waals surface area contributed by atoms with Crippen LogP contribution in [0.15, 0.2) is 54.9 Å². The number of hydrogen-bond acceptors (Lipinski definition) is 8. The number of amides is 2. The summed E-state index contributed by atoms with van der Waals surface area (Å²) in [7, 11) is 2.78. The van der Waals surface area contributed by atoms with E-state index in [-0.39, 0.29) is 11.9 Å². The van der Waals surface area contributed by atoms with Crippen molar-refractivity contribution in [2.45, 2.75) is 56.8 Å². The first-order valence-corrected chi connectivity index (χ1v) is 15.8. The van der Waals surface area contributed by atoms with Crippen molar-refractivity contribution in [2.75, 3.05) is 27.3 Å². The number of hydrogen-bond donors (Lipinski definition) is 4. The second kappa shape index (κ2) is 12.5. The number of nitrogens with zero attached hydrogens (tertiary/aromatic N) is 4. The molecule has 0 aliphatic carbocycles. The molecule has 7 rings (SSSR count). The molecule has 4 atom stereocenters. The van der Waals surface area contributed by atoms with E-state index in [2.05, 4.69) is 49.9 Å². The summed E-state index contributed by atoms with van der Waals surface area (Å²) in [5.74, 6) is 1.47. The highest BCUT2D eigenvalue weighted by molar-refractivity contribution is 5.90. The fraction of sp³-hybridized carbons (Fsp3) is 0.382. The summed E-state index contributed by atoms with van der Waals surface area (Å²) in [5, 5.41) is 8.27. The zero-order chi connectivity index (χ0) is 31.8. The molecule has 2 aliphatic rings. The summed E-state index contributed by atoms with van der Waals surface area (Å²) in [6.07, 6.45) is 6.46. The lowest BCUT2D eigenvalue weighted by Gasteiger charge is -2.30. The van der Waals surface area contributed by atoms with Gasteiger partial charge in [-0.3, -0.25) is 9.78 Å². The minimum absolute atomic E-state index is 0.231. The Morgan fingerprint density at radius 3 is 2.63 bits per heavy atom. The predicted octanol–water partition coefficient (Wildman–Crippen LogP) is 5.02. The lowest BCUT2D eigenvalue weighted by atomic mass is 10.0. The van der Waals surface area contributed by atoms with Crippen molar-refractivity contribution in [3.8, 4) is 22.5 Å². The van der Waals surface area contributed by atoms with Gasteiger partial charge in [-0.1, -0.05) is 18.2 Å². The molecule has 0 radical (unpaired) electrons.